The van der Waals surface area contributed by atoms with Gasteiger partial charge < -0.3 is 42.7 Å². The van der Waals surface area contributed by atoms with Crippen LogP contribution in [0.2, 0.25) is 0 Å². The summed E-state index contributed by atoms with van der Waals surface area (Å²) in [6.07, 6.45) is -2.37. The third-order valence-electron chi connectivity index (χ3n) is 7.07. The Kier molecular flexibility index (Phi) is 11.1. The van der Waals surface area contributed by atoms with Gasteiger partial charge in [0.15, 0.2) is 18.3 Å². The molecule has 1 saturated heterocycles. The Morgan fingerprint density at radius 1 is 0.848 bits per heavy atom. The molecule has 1 fully saturated rings. The molecule has 0 spiro atoms. The first-order chi connectivity index (χ1) is 21.8. The number of allylic oxidation sites excluding steroid dienone is 1. The van der Waals surface area contributed by atoms with E-state index in [0.29, 0.717) is 12.0 Å². The maximum Gasteiger partial charge on any atom is 0.365 e. The van der Waals surface area contributed by atoms with Gasteiger partial charge in [-0.15, -0.1) is 5.10 Å². The van der Waals surface area contributed by atoms with Crippen molar-refractivity contribution in [1.29, 1.82) is 0 Å². The molecule has 4 rings (SSSR count). The van der Waals surface area contributed by atoms with Gasteiger partial charge in [-0.3, -0.25) is 24.0 Å². The molecule has 17 nitrogen and oxygen atoms in total. The minimum absolute atomic E-state index is 0.135. The number of carbonyl (C=O) groups is 6. The Bertz CT molecular complexity index is 1390. The highest BCUT2D eigenvalue weighted by atomic mass is 16.8. The van der Waals surface area contributed by atoms with Crippen molar-refractivity contribution in [2.75, 3.05) is 13.2 Å². The summed E-state index contributed by atoms with van der Waals surface area (Å²) in [6.45, 7) is 5.06. The summed E-state index contributed by atoms with van der Waals surface area (Å²) in [7, 11) is 0. The maximum absolute atomic E-state index is 13.1. The van der Waals surface area contributed by atoms with Gasteiger partial charge in [0.1, 0.15) is 19.3 Å². The van der Waals surface area contributed by atoms with Crippen molar-refractivity contribution in [3.05, 3.63) is 41.9 Å². The van der Waals surface area contributed by atoms with Crippen molar-refractivity contribution in [2.45, 2.75) is 78.0 Å². The van der Waals surface area contributed by atoms with E-state index in [1.54, 1.807) is 12.1 Å². The van der Waals surface area contributed by atoms with Crippen LogP contribution in [0, 0.1) is 11.8 Å². The predicted octanol–water partition coefficient (Wildman–Crippen LogP) is 0.304. The molecule has 46 heavy (non-hydrogen) atoms. The third kappa shape index (κ3) is 8.48. The third-order valence-corrected chi connectivity index (χ3v) is 7.07. The van der Waals surface area contributed by atoms with Crippen LogP contribution in [0.3, 0.4) is 0 Å². The van der Waals surface area contributed by atoms with E-state index in [1.807, 2.05) is 0 Å². The van der Waals surface area contributed by atoms with Crippen LogP contribution in [0.1, 0.15) is 41.0 Å². The number of esters is 5. The number of aromatic nitrogens is 2. The predicted molar refractivity (Wildman–Crippen MR) is 146 cm³/mol. The lowest BCUT2D eigenvalue weighted by molar-refractivity contribution is -0.342. The van der Waals surface area contributed by atoms with Crippen LogP contribution in [-0.4, -0.2) is 96.0 Å². The molecule has 1 aromatic rings. The van der Waals surface area contributed by atoms with Crippen LogP contribution in [0.4, 0.5) is 0 Å². The van der Waals surface area contributed by atoms with Crippen LogP contribution >= 0.6 is 0 Å². The normalized spacial score (nSPS) is 28.3. The molecule has 0 amide bonds. The summed E-state index contributed by atoms with van der Waals surface area (Å²) in [6, 6.07) is 1.56. The molecule has 250 valence electrons. The van der Waals surface area contributed by atoms with Gasteiger partial charge in [0.25, 0.3) is 0 Å². The Balaban J connectivity index is 1.68. The summed E-state index contributed by atoms with van der Waals surface area (Å²) in [4.78, 5) is 79.1. The molecule has 2 aliphatic heterocycles. The summed E-state index contributed by atoms with van der Waals surface area (Å²) >= 11 is 0. The Morgan fingerprint density at radius 3 is 2.11 bits per heavy atom. The number of carbonyl (C=O) groups excluding carboxylic acids is 6. The lowest BCUT2D eigenvalue weighted by Gasteiger charge is -2.45. The van der Waals surface area contributed by atoms with E-state index in [4.69, 9.17) is 42.7 Å². The van der Waals surface area contributed by atoms with Gasteiger partial charge in [-0.25, -0.2) is 4.79 Å². The highest BCUT2D eigenvalue weighted by Gasteiger charge is 2.55. The molecule has 17 heteroatoms. The molecule has 0 radical (unpaired) electrons. The van der Waals surface area contributed by atoms with Gasteiger partial charge >= 0.3 is 35.8 Å². The molecule has 1 aliphatic carbocycles. The molecule has 0 saturated carbocycles. The van der Waals surface area contributed by atoms with Crippen molar-refractivity contribution < 1.29 is 71.5 Å². The van der Waals surface area contributed by atoms with E-state index in [-0.39, 0.29) is 12.2 Å². The minimum atomic E-state index is -1.56. The second kappa shape index (κ2) is 15.0. The van der Waals surface area contributed by atoms with Crippen molar-refractivity contribution in [3.8, 4) is 0 Å². The van der Waals surface area contributed by atoms with E-state index < -0.39 is 91.3 Å². The lowest BCUT2D eigenvalue weighted by Crippen LogP contribution is -2.63. The van der Waals surface area contributed by atoms with E-state index >= 15 is 0 Å². The maximum atomic E-state index is 13.1. The van der Waals surface area contributed by atoms with Gasteiger partial charge in [0, 0.05) is 40.5 Å². The number of nitrogens with zero attached hydrogens (tertiary/aromatic N) is 2. The zero-order valence-corrected chi connectivity index (χ0v) is 25.6. The monoisotopic (exact) mass is 650 g/mol. The average Bonchev–Trinajstić information content (AvgIpc) is 3.63. The van der Waals surface area contributed by atoms with Crippen LogP contribution in [0.15, 0.2) is 41.9 Å². The highest BCUT2D eigenvalue weighted by Crippen LogP contribution is 2.45. The zero-order valence-electron chi connectivity index (χ0n) is 25.6. The lowest BCUT2D eigenvalue weighted by atomic mass is 9.83. The van der Waals surface area contributed by atoms with Gasteiger partial charge in [0.2, 0.25) is 12.6 Å². The van der Waals surface area contributed by atoms with Crippen LogP contribution < -0.4 is 4.84 Å². The zero-order chi connectivity index (χ0) is 33.5. The number of fused-ring (bicyclic) bond motifs is 1. The second-order valence-corrected chi connectivity index (χ2v) is 10.5. The van der Waals surface area contributed by atoms with Gasteiger partial charge in [-0.2, -0.15) is 0 Å². The molecule has 8 atom stereocenters. The summed E-state index contributed by atoms with van der Waals surface area (Å²) in [5, 5.41) is 3.86. The quantitative estimate of drug-likeness (QED) is 0.179. The number of rotatable bonds is 11. The van der Waals surface area contributed by atoms with Crippen LogP contribution in [-0.2, 0) is 66.7 Å². The van der Waals surface area contributed by atoms with Crippen molar-refractivity contribution >= 4 is 35.8 Å². The molecule has 3 heterocycles. The SMILES string of the molecule is CC(=O)OCC1=CC[C@@H]2C(C(=O)On3cccn3)=CO[C@@H](O[C@@H]3O[C@H](COC(C)=O)[C@@H](OC(C)=O)[C@H](OC(C)=O)[C@H]3OC(C)=O)[C@H]12. The molecular weight excluding hydrogens is 616 g/mol. The fourth-order valence-electron chi connectivity index (χ4n) is 5.35. The topological polar surface area (TPSA) is 203 Å². The largest absolute Gasteiger partial charge is 0.471 e. The molecule has 0 aromatic carbocycles. The smallest absolute Gasteiger partial charge is 0.365 e. The van der Waals surface area contributed by atoms with E-state index in [9.17, 15) is 28.8 Å². The average molecular weight is 651 g/mol. The first kappa shape index (κ1) is 34.1. The number of ether oxygens (including phenoxy) is 8. The number of hydrogen-bond donors (Lipinski definition) is 0. The molecule has 3 aliphatic rings. The highest BCUT2D eigenvalue weighted by molar-refractivity contribution is 5.89. The molecule has 0 bridgehead atoms. The van der Waals surface area contributed by atoms with Gasteiger partial charge in [-0.1, -0.05) is 10.9 Å². The molecule has 1 aromatic heterocycles. The van der Waals surface area contributed by atoms with Gasteiger partial charge in [0.05, 0.1) is 30.1 Å². The summed E-state index contributed by atoms with van der Waals surface area (Å²) in [5.74, 6) is -5.75. The van der Waals surface area contributed by atoms with Crippen molar-refractivity contribution in [3.63, 3.8) is 0 Å². The molecular formula is C29H34N2O15. The van der Waals surface area contributed by atoms with Crippen LogP contribution in [0.5, 0.6) is 0 Å². The first-order valence-electron chi connectivity index (χ1n) is 14.2. The Morgan fingerprint density at radius 2 is 1.50 bits per heavy atom. The Labute approximate surface area is 262 Å². The summed E-state index contributed by atoms with van der Waals surface area (Å²) in [5.41, 5.74) is 0.685. The van der Waals surface area contributed by atoms with E-state index in [0.717, 1.165) is 38.8 Å². The van der Waals surface area contributed by atoms with Crippen molar-refractivity contribution in [2.24, 2.45) is 11.8 Å². The van der Waals surface area contributed by atoms with E-state index in [1.165, 1.54) is 19.3 Å². The summed E-state index contributed by atoms with van der Waals surface area (Å²) < 4.78 is 44.8. The molecule has 0 unspecified atom stereocenters. The van der Waals surface area contributed by atoms with Crippen molar-refractivity contribution in [1.82, 2.24) is 9.94 Å². The minimum Gasteiger partial charge on any atom is -0.471 e. The fraction of sp³-hybridized carbons (Fsp3) is 0.552. The van der Waals surface area contributed by atoms with Gasteiger partial charge in [-0.05, 0) is 18.1 Å². The fourth-order valence-corrected chi connectivity index (χ4v) is 5.35. The molecule has 0 N–H and O–H groups in total. The van der Waals surface area contributed by atoms with Crippen LogP contribution in [0.25, 0.3) is 0 Å². The number of hydrogen-bond acceptors (Lipinski definition) is 16. The Hall–Kier alpha value is -4.77. The first-order valence-corrected chi connectivity index (χ1v) is 14.2. The van der Waals surface area contributed by atoms with E-state index in [2.05, 4.69) is 5.10 Å². The standard InChI is InChI=1S/C29H34N2O15/c1-14(32)38-11-19-7-8-20-21(27(37)46-31-10-6-9-30-31)12-40-28(23(19)20)45-29-26(43-18(5)36)25(42-17(4)35)24(41-16(3)34)22(44-29)13-39-15(2)33/h6-7,9-10,12,20,22-26,28-29H,8,11,13H2,1-5H3/t20-,22-,23-,24-,25+,26-,28+,29+/m1/s1. The second-order valence-electron chi connectivity index (χ2n) is 10.5.